The van der Waals surface area contributed by atoms with Crippen molar-refractivity contribution in [3.8, 4) is 0 Å². The lowest BCUT2D eigenvalue weighted by Crippen LogP contribution is -2.32. The monoisotopic (exact) mass is 345 g/mol. The van der Waals surface area contributed by atoms with Crippen molar-refractivity contribution in [2.45, 2.75) is 52.0 Å². The highest BCUT2D eigenvalue weighted by Gasteiger charge is 2.22. The standard InChI is InChI=1S/C19H27N3O3/c1-13(2)21-19(25)15-9-5-6-10-16(15)22-17(23)11-12-20-18(24)14-7-3-4-8-14/h5-6,9-10,13-14H,3-4,7-8,11-12H2,1-2H3,(H,20,24)(H,21,25)(H,22,23). The molecule has 0 radical (unpaired) electrons. The van der Waals surface area contributed by atoms with Crippen molar-refractivity contribution in [2.75, 3.05) is 11.9 Å². The lowest BCUT2D eigenvalue weighted by atomic mass is 10.1. The van der Waals surface area contributed by atoms with Crippen molar-refractivity contribution in [1.82, 2.24) is 10.6 Å². The number of benzene rings is 1. The maximum Gasteiger partial charge on any atom is 0.253 e. The number of amides is 3. The van der Waals surface area contributed by atoms with Crippen LogP contribution in [-0.2, 0) is 9.59 Å². The molecule has 25 heavy (non-hydrogen) atoms. The molecule has 0 spiro atoms. The summed E-state index contributed by atoms with van der Waals surface area (Å²) < 4.78 is 0. The van der Waals surface area contributed by atoms with E-state index in [9.17, 15) is 14.4 Å². The number of hydrogen-bond acceptors (Lipinski definition) is 3. The summed E-state index contributed by atoms with van der Waals surface area (Å²) in [5.74, 6) is -0.303. The van der Waals surface area contributed by atoms with E-state index in [-0.39, 0.29) is 36.1 Å². The van der Waals surface area contributed by atoms with Crippen molar-refractivity contribution in [2.24, 2.45) is 5.92 Å². The van der Waals surface area contributed by atoms with Gasteiger partial charge < -0.3 is 16.0 Å². The van der Waals surface area contributed by atoms with Crippen molar-refractivity contribution < 1.29 is 14.4 Å². The molecule has 1 aliphatic rings. The predicted molar refractivity (Wildman–Crippen MR) is 97.3 cm³/mol. The fourth-order valence-electron chi connectivity index (χ4n) is 2.97. The van der Waals surface area contributed by atoms with Gasteiger partial charge in [-0.1, -0.05) is 25.0 Å². The van der Waals surface area contributed by atoms with E-state index in [4.69, 9.17) is 0 Å². The maximum atomic E-state index is 12.2. The summed E-state index contributed by atoms with van der Waals surface area (Å²) in [7, 11) is 0. The largest absolute Gasteiger partial charge is 0.355 e. The molecule has 0 unspecified atom stereocenters. The highest BCUT2D eigenvalue weighted by Crippen LogP contribution is 2.24. The summed E-state index contributed by atoms with van der Waals surface area (Å²) in [6, 6.07) is 6.91. The Labute approximate surface area is 148 Å². The second-order valence-corrected chi connectivity index (χ2v) is 6.74. The van der Waals surface area contributed by atoms with Crippen LogP contribution in [-0.4, -0.2) is 30.3 Å². The van der Waals surface area contributed by atoms with Crippen LogP contribution in [0.1, 0.15) is 56.3 Å². The molecule has 1 saturated carbocycles. The first-order chi connectivity index (χ1) is 12.0. The number of carbonyl (C=O) groups is 3. The molecule has 0 bridgehead atoms. The van der Waals surface area contributed by atoms with E-state index < -0.39 is 0 Å². The highest BCUT2D eigenvalue weighted by atomic mass is 16.2. The quantitative estimate of drug-likeness (QED) is 0.709. The third kappa shape index (κ3) is 5.89. The summed E-state index contributed by atoms with van der Waals surface area (Å²) in [5.41, 5.74) is 0.910. The Kier molecular flexibility index (Phi) is 6.98. The second kappa shape index (κ2) is 9.20. The number of nitrogens with one attached hydrogen (secondary N) is 3. The Morgan fingerprint density at radius 1 is 1.12 bits per heavy atom. The minimum absolute atomic E-state index is 0.0158. The molecule has 0 aromatic heterocycles. The minimum atomic E-state index is -0.225. The van der Waals surface area contributed by atoms with Gasteiger partial charge in [0.1, 0.15) is 0 Å². The lowest BCUT2D eigenvalue weighted by Gasteiger charge is -2.13. The average molecular weight is 345 g/mol. The number of hydrogen-bond donors (Lipinski definition) is 3. The topological polar surface area (TPSA) is 87.3 Å². The van der Waals surface area contributed by atoms with Crippen LogP contribution in [0.3, 0.4) is 0 Å². The van der Waals surface area contributed by atoms with Crippen LogP contribution in [0.2, 0.25) is 0 Å². The van der Waals surface area contributed by atoms with Crippen LogP contribution in [0.15, 0.2) is 24.3 Å². The molecule has 3 amide bonds. The molecule has 3 N–H and O–H groups in total. The number of carbonyl (C=O) groups excluding carboxylic acids is 3. The molecule has 1 aliphatic carbocycles. The third-order valence-corrected chi connectivity index (χ3v) is 4.24. The van der Waals surface area contributed by atoms with Gasteiger partial charge in [0.05, 0.1) is 11.3 Å². The Balaban J connectivity index is 1.83. The van der Waals surface area contributed by atoms with Crippen LogP contribution < -0.4 is 16.0 Å². The van der Waals surface area contributed by atoms with Gasteiger partial charge in [-0.2, -0.15) is 0 Å². The van der Waals surface area contributed by atoms with E-state index in [0.29, 0.717) is 17.8 Å². The first kappa shape index (κ1) is 19.0. The minimum Gasteiger partial charge on any atom is -0.355 e. The highest BCUT2D eigenvalue weighted by molar-refractivity contribution is 6.03. The van der Waals surface area contributed by atoms with Crippen LogP contribution in [0, 0.1) is 5.92 Å². The van der Waals surface area contributed by atoms with Crippen LogP contribution in [0.4, 0.5) is 5.69 Å². The summed E-state index contributed by atoms with van der Waals surface area (Å²) in [5, 5.41) is 8.40. The second-order valence-electron chi connectivity index (χ2n) is 6.74. The SMILES string of the molecule is CC(C)NC(=O)c1ccccc1NC(=O)CCNC(=O)C1CCCC1. The molecular weight excluding hydrogens is 318 g/mol. The van der Waals surface area contributed by atoms with Gasteiger partial charge in [0, 0.05) is 24.9 Å². The summed E-state index contributed by atoms with van der Waals surface area (Å²) in [6.07, 6.45) is 4.27. The molecule has 6 heteroatoms. The molecule has 6 nitrogen and oxygen atoms in total. The predicted octanol–water partition coefficient (Wildman–Crippen LogP) is 2.46. The molecule has 0 aliphatic heterocycles. The van der Waals surface area contributed by atoms with Gasteiger partial charge in [-0.25, -0.2) is 0 Å². The van der Waals surface area contributed by atoms with Gasteiger partial charge in [-0.15, -0.1) is 0 Å². The smallest absolute Gasteiger partial charge is 0.253 e. The molecule has 136 valence electrons. The van der Waals surface area contributed by atoms with Crippen LogP contribution in [0.25, 0.3) is 0 Å². The molecule has 2 rings (SSSR count). The Morgan fingerprint density at radius 2 is 1.80 bits per heavy atom. The summed E-state index contributed by atoms with van der Waals surface area (Å²) >= 11 is 0. The van der Waals surface area contributed by atoms with Gasteiger partial charge in [0.2, 0.25) is 11.8 Å². The van der Waals surface area contributed by atoms with Crippen molar-refractivity contribution in [3.05, 3.63) is 29.8 Å². The van der Waals surface area contributed by atoms with Gasteiger partial charge in [-0.3, -0.25) is 14.4 Å². The van der Waals surface area contributed by atoms with Gasteiger partial charge in [0.15, 0.2) is 0 Å². The van der Waals surface area contributed by atoms with E-state index in [1.807, 2.05) is 13.8 Å². The van der Waals surface area contributed by atoms with E-state index in [1.165, 1.54) is 0 Å². The zero-order valence-electron chi connectivity index (χ0n) is 14.9. The molecule has 0 heterocycles. The molecule has 0 saturated heterocycles. The molecular formula is C19H27N3O3. The normalized spacial score (nSPS) is 14.4. The van der Waals surface area contributed by atoms with E-state index >= 15 is 0 Å². The van der Waals surface area contributed by atoms with Crippen molar-refractivity contribution >= 4 is 23.4 Å². The zero-order valence-corrected chi connectivity index (χ0v) is 14.9. The van der Waals surface area contributed by atoms with Crippen molar-refractivity contribution in [3.63, 3.8) is 0 Å². The Hall–Kier alpha value is -2.37. The van der Waals surface area contributed by atoms with Gasteiger partial charge in [0.25, 0.3) is 5.91 Å². The number of para-hydroxylation sites is 1. The third-order valence-electron chi connectivity index (χ3n) is 4.24. The van der Waals surface area contributed by atoms with E-state index in [0.717, 1.165) is 25.7 Å². The zero-order chi connectivity index (χ0) is 18.2. The van der Waals surface area contributed by atoms with E-state index in [2.05, 4.69) is 16.0 Å². The Morgan fingerprint density at radius 3 is 2.48 bits per heavy atom. The molecule has 1 aromatic carbocycles. The summed E-state index contributed by atoms with van der Waals surface area (Å²) in [4.78, 5) is 36.2. The fraction of sp³-hybridized carbons (Fsp3) is 0.526. The average Bonchev–Trinajstić information content (AvgIpc) is 3.09. The van der Waals surface area contributed by atoms with Crippen LogP contribution in [0.5, 0.6) is 0 Å². The van der Waals surface area contributed by atoms with Crippen LogP contribution >= 0.6 is 0 Å². The fourth-order valence-corrected chi connectivity index (χ4v) is 2.97. The Bertz CT molecular complexity index is 622. The van der Waals surface area contributed by atoms with E-state index in [1.54, 1.807) is 24.3 Å². The number of rotatable bonds is 7. The molecule has 1 aromatic rings. The number of anilines is 1. The first-order valence-electron chi connectivity index (χ1n) is 8.95. The summed E-state index contributed by atoms with van der Waals surface area (Å²) in [6.45, 7) is 4.07. The lowest BCUT2D eigenvalue weighted by molar-refractivity contribution is -0.124. The molecule has 1 fully saturated rings. The van der Waals surface area contributed by atoms with Gasteiger partial charge >= 0.3 is 0 Å². The maximum absolute atomic E-state index is 12.2. The molecule has 0 atom stereocenters. The first-order valence-corrected chi connectivity index (χ1v) is 8.95. The van der Waals surface area contributed by atoms with Crippen molar-refractivity contribution in [1.29, 1.82) is 0 Å². The van der Waals surface area contributed by atoms with Gasteiger partial charge in [-0.05, 0) is 38.8 Å².